The number of aromatic nitrogens is 5. The van der Waals surface area contributed by atoms with E-state index in [2.05, 4.69) is 38.2 Å². The van der Waals surface area contributed by atoms with Crippen molar-refractivity contribution in [3.8, 4) is 11.4 Å². The van der Waals surface area contributed by atoms with E-state index in [1.165, 1.54) is 11.8 Å². The first-order valence-corrected chi connectivity index (χ1v) is 11.5. The van der Waals surface area contributed by atoms with E-state index in [4.69, 9.17) is 0 Å². The molecule has 30 heavy (non-hydrogen) atoms. The number of hydrogen-bond donors (Lipinski definition) is 0. The van der Waals surface area contributed by atoms with E-state index in [0.29, 0.717) is 11.8 Å². The molecule has 0 saturated carbocycles. The van der Waals surface area contributed by atoms with Crippen LogP contribution < -0.4 is 0 Å². The third kappa shape index (κ3) is 4.43. The predicted octanol–water partition coefficient (Wildman–Crippen LogP) is 4.07. The molecule has 0 bridgehead atoms. The van der Waals surface area contributed by atoms with Gasteiger partial charge in [0.05, 0.1) is 12.1 Å². The minimum atomic E-state index is 0.170. The topological polar surface area (TPSA) is 68.8 Å². The zero-order valence-corrected chi connectivity index (χ0v) is 18.3. The number of carbonyl (C=O) groups is 1. The molecule has 7 nitrogen and oxygen atoms in total. The maximum atomic E-state index is 12.8. The van der Waals surface area contributed by atoms with E-state index in [9.17, 15) is 4.79 Å². The highest BCUT2D eigenvalue weighted by Crippen LogP contribution is 2.29. The van der Waals surface area contributed by atoms with Gasteiger partial charge in [-0.2, -0.15) is 0 Å². The number of carbonyl (C=O) groups excluding carboxylic acids is 1. The van der Waals surface area contributed by atoms with Crippen molar-refractivity contribution in [2.45, 2.75) is 50.4 Å². The summed E-state index contributed by atoms with van der Waals surface area (Å²) in [5.74, 6) is 1.42. The number of benzene rings is 1. The lowest BCUT2D eigenvalue weighted by atomic mass is 10.1. The van der Waals surface area contributed by atoms with Gasteiger partial charge in [-0.05, 0) is 26.2 Å². The highest BCUT2D eigenvalue weighted by Gasteiger charge is 2.25. The van der Waals surface area contributed by atoms with Crippen LogP contribution in [0.15, 0.2) is 54.2 Å². The Morgan fingerprint density at radius 1 is 1.20 bits per heavy atom. The van der Waals surface area contributed by atoms with E-state index < -0.39 is 0 Å². The lowest BCUT2D eigenvalue weighted by molar-refractivity contribution is -0.129. The Hall–Kier alpha value is -2.61. The molecule has 0 radical (unpaired) electrons. The van der Waals surface area contributed by atoms with Crippen molar-refractivity contribution in [1.82, 2.24) is 29.2 Å². The molecule has 4 rings (SSSR count). The maximum absolute atomic E-state index is 12.8. The molecule has 0 aliphatic carbocycles. The van der Waals surface area contributed by atoms with E-state index in [0.717, 1.165) is 48.9 Å². The first-order chi connectivity index (χ1) is 14.7. The average Bonchev–Trinajstić information content (AvgIpc) is 3.48. The van der Waals surface area contributed by atoms with Crippen molar-refractivity contribution in [1.29, 1.82) is 0 Å². The number of hydrogen-bond acceptors (Lipinski definition) is 5. The van der Waals surface area contributed by atoms with Crippen LogP contribution in [-0.4, -0.2) is 54.0 Å². The maximum Gasteiger partial charge on any atom is 0.233 e. The quantitative estimate of drug-likeness (QED) is 0.535. The van der Waals surface area contributed by atoms with Crippen molar-refractivity contribution < 1.29 is 4.79 Å². The molecule has 158 valence electrons. The molecule has 0 spiro atoms. The zero-order valence-electron chi connectivity index (χ0n) is 17.5. The monoisotopic (exact) mass is 424 g/mol. The fourth-order valence-electron chi connectivity index (χ4n) is 3.86. The lowest BCUT2D eigenvalue weighted by Crippen LogP contribution is -2.39. The minimum Gasteiger partial charge on any atom is -0.342 e. The summed E-state index contributed by atoms with van der Waals surface area (Å²) in [4.78, 5) is 18.9. The number of rotatable bonds is 7. The van der Waals surface area contributed by atoms with Gasteiger partial charge in [-0.1, -0.05) is 49.0 Å². The number of imidazole rings is 1. The summed E-state index contributed by atoms with van der Waals surface area (Å²) in [6, 6.07) is 10.8. The van der Waals surface area contributed by atoms with Gasteiger partial charge in [0.15, 0.2) is 11.0 Å². The third-order valence-corrected chi connectivity index (χ3v) is 6.74. The second-order valence-corrected chi connectivity index (χ2v) is 8.65. The fourth-order valence-corrected chi connectivity index (χ4v) is 4.80. The molecule has 1 aliphatic rings. The molecule has 1 fully saturated rings. The van der Waals surface area contributed by atoms with Crippen LogP contribution >= 0.6 is 11.8 Å². The molecule has 1 aliphatic heterocycles. The second kappa shape index (κ2) is 9.47. The summed E-state index contributed by atoms with van der Waals surface area (Å²) in [6.07, 6.45) is 8.59. The van der Waals surface area contributed by atoms with Crippen LogP contribution in [0.3, 0.4) is 0 Å². The molecule has 1 atom stereocenters. The van der Waals surface area contributed by atoms with Gasteiger partial charge in [0.1, 0.15) is 0 Å². The zero-order chi connectivity index (χ0) is 20.9. The van der Waals surface area contributed by atoms with Crippen LogP contribution in [0.2, 0.25) is 0 Å². The summed E-state index contributed by atoms with van der Waals surface area (Å²) in [7, 11) is 0. The number of likely N-dealkylation sites (tertiary alicyclic amines) is 1. The highest BCUT2D eigenvalue weighted by atomic mass is 32.2. The first kappa shape index (κ1) is 20.7. The Labute approximate surface area is 181 Å². The van der Waals surface area contributed by atoms with Crippen LogP contribution in [0.4, 0.5) is 0 Å². The molecule has 0 N–H and O–H groups in total. The standard InChI is InChI=1S/C22H28N6OS/c1-3-17(2)28-21(18-7-5-4-6-8-18)24-25-22(28)30-15-20(29)26-12-9-19(10-13-26)27-14-11-23-16-27/h4-8,11,14,16-17,19H,3,9-10,12-13,15H2,1-2H3. The Morgan fingerprint density at radius 3 is 2.63 bits per heavy atom. The van der Waals surface area contributed by atoms with Gasteiger partial charge >= 0.3 is 0 Å². The SMILES string of the molecule is CCC(C)n1c(SCC(=O)N2CCC(n3ccnc3)CC2)nnc1-c1ccccc1. The van der Waals surface area contributed by atoms with Crippen LogP contribution in [0, 0.1) is 0 Å². The van der Waals surface area contributed by atoms with Gasteiger partial charge in [0.25, 0.3) is 0 Å². The summed E-state index contributed by atoms with van der Waals surface area (Å²) < 4.78 is 4.31. The van der Waals surface area contributed by atoms with Crippen LogP contribution in [-0.2, 0) is 4.79 Å². The summed E-state index contributed by atoms with van der Waals surface area (Å²) >= 11 is 1.49. The Kier molecular flexibility index (Phi) is 6.52. The van der Waals surface area contributed by atoms with Crippen molar-refractivity contribution in [3.63, 3.8) is 0 Å². The summed E-state index contributed by atoms with van der Waals surface area (Å²) in [5.41, 5.74) is 1.05. The predicted molar refractivity (Wildman–Crippen MR) is 118 cm³/mol. The summed E-state index contributed by atoms with van der Waals surface area (Å²) in [6.45, 7) is 5.90. The molecule has 2 aromatic heterocycles. The van der Waals surface area contributed by atoms with Crippen molar-refractivity contribution in [3.05, 3.63) is 49.1 Å². The molecule has 1 saturated heterocycles. The van der Waals surface area contributed by atoms with E-state index in [1.807, 2.05) is 54.0 Å². The largest absolute Gasteiger partial charge is 0.342 e. The molecule has 1 amide bonds. The molecule has 1 aromatic carbocycles. The number of nitrogens with zero attached hydrogens (tertiary/aromatic N) is 6. The van der Waals surface area contributed by atoms with E-state index in [-0.39, 0.29) is 11.9 Å². The number of piperidine rings is 1. The van der Waals surface area contributed by atoms with Crippen LogP contribution in [0.25, 0.3) is 11.4 Å². The van der Waals surface area contributed by atoms with Gasteiger partial charge in [-0.3, -0.25) is 9.36 Å². The Morgan fingerprint density at radius 2 is 1.97 bits per heavy atom. The van der Waals surface area contributed by atoms with Crippen LogP contribution in [0.5, 0.6) is 0 Å². The van der Waals surface area contributed by atoms with Gasteiger partial charge in [-0.25, -0.2) is 4.98 Å². The number of thioether (sulfide) groups is 1. The van der Waals surface area contributed by atoms with Crippen molar-refractivity contribution in [2.75, 3.05) is 18.8 Å². The van der Waals surface area contributed by atoms with E-state index in [1.54, 1.807) is 0 Å². The van der Waals surface area contributed by atoms with Crippen molar-refractivity contribution in [2.24, 2.45) is 0 Å². The second-order valence-electron chi connectivity index (χ2n) is 7.71. The van der Waals surface area contributed by atoms with Gasteiger partial charge in [-0.15, -0.1) is 10.2 Å². The fraction of sp³-hybridized carbons (Fsp3) is 0.455. The smallest absolute Gasteiger partial charge is 0.233 e. The highest BCUT2D eigenvalue weighted by molar-refractivity contribution is 7.99. The average molecular weight is 425 g/mol. The summed E-state index contributed by atoms with van der Waals surface area (Å²) in [5, 5.41) is 9.67. The lowest BCUT2D eigenvalue weighted by Gasteiger charge is -2.32. The third-order valence-electron chi connectivity index (χ3n) is 5.82. The Balaban J connectivity index is 1.40. The van der Waals surface area contributed by atoms with Crippen LogP contribution in [0.1, 0.15) is 45.2 Å². The molecule has 1 unspecified atom stereocenters. The molecular weight excluding hydrogens is 396 g/mol. The van der Waals surface area contributed by atoms with Gasteiger partial charge in [0.2, 0.25) is 5.91 Å². The van der Waals surface area contributed by atoms with Gasteiger partial charge < -0.3 is 9.47 Å². The minimum absolute atomic E-state index is 0.170. The molecule has 8 heteroatoms. The molecule has 3 heterocycles. The first-order valence-electron chi connectivity index (χ1n) is 10.6. The van der Waals surface area contributed by atoms with Gasteiger partial charge in [0, 0.05) is 43.1 Å². The molecular formula is C22H28N6OS. The van der Waals surface area contributed by atoms with E-state index >= 15 is 0 Å². The normalized spacial score (nSPS) is 16.0. The van der Waals surface area contributed by atoms with Crippen molar-refractivity contribution >= 4 is 17.7 Å². The Bertz CT molecular complexity index is 947. The number of amides is 1. The molecule has 3 aromatic rings.